The molecule has 0 saturated carbocycles. The number of carbonyl (C=O) groups excluding carboxylic acids is 1. The third-order valence-electron chi connectivity index (χ3n) is 3.55. The highest BCUT2D eigenvalue weighted by Crippen LogP contribution is 2.44. The number of rotatable bonds is 2. The van der Waals surface area contributed by atoms with E-state index in [1.165, 1.54) is 11.1 Å². The molecule has 0 aromatic rings. The van der Waals surface area contributed by atoms with Crippen molar-refractivity contribution in [3.8, 4) is 0 Å². The minimum absolute atomic E-state index is 0.0115. The Morgan fingerprint density at radius 3 is 1.61 bits per heavy atom. The highest BCUT2D eigenvalue weighted by atomic mass is 16.1. The maximum absolute atomic E-state index is 11.6. The summed E-state index contributed by atoms with van der Waals surface area (Å²) in [6.45, 7) is 16.9. The molecule has 1 aliphatic rings. The second-order valence-electron chi connectivity index (χ2n) is 7.17. The van der Waals surface area contributed by atoms with E-state index in [-0.39, 0.29) is 22.7 Å². The van der Waals surface area contributed by atoms with Gasteiger partial charge in [0.25, 0.3) is 0 Å². The molecule has 0 aliphatic heterocycles. The first-order valence-corrected chi connectivity index (χ1v) is 6.63. The number of aldehydes is 1. The molecule has 0 radical (unpaired) electrons. The fourth-order valence-electron chi connectivity index (χ4n) is 2.55. The third kappa shape index (κ3) is 3.01. The molecule has 0 amide bonds. The summed E-state index contributed by atoms with van der Waals surface area (Å²) >= 11 is 0. The smallest absolute Gasteiger partial charge is 0.131 e. The predicted molar refractivity (Wildman–Crippen MR) is 78.3 cm³/mol. The molecule has 0 saturated heterocycles. The van der Waals surface area contributed by atoms with E-state index in [2.05, 4.69) is 60.3 Å². The second-order valence-corrected chi connectivity index (χ2v) is 7.17. The van der Waals surface area contributed by atoms with Gasteiger partial charge in [0.05, 0.1) is 5.92 Å². The van der Waals surface area contributed by atoms with Crippen molar-refractivity contribution in [1.29, 1.82) is 0 Å². The summed E-state index contributed by atoms with van der Waals surface area (Å²) in [5, 5.41) is 0. The number of hydrogen-bond donors (Lipinski definition) is 0. The van der Waals surface area contributed by atoms with Crippen LogP contribution in [0, 0.1) is 22.7 Å². The summed E-state index contributed by atoms with van der Waals surface area (Å²) in [7, 11) is 0. The van der Waals surface area contributed by atoms with Gasteiger partial charge in [0.1, 0.15) is 6.29 Å². The molecule has 1 heteroatoms. The van der Waals surface area contributed by atoms with Gasteiger partial charge in [0, 0.05) is 5.92 Å². The van der Waals surface area contributed by atoms with E-state index in [1.807, 2.05) is 6.08 Å². The van der Waals surface area contributed by atoms with E-state index < -0.39 is 0 Å². The Kier molecular flexibility index (Phi) is 4.05. The molecule has 0 heterocycles. The zero-order valence-corrected chi connectivity index (χ0v) is 12.6. The Morgan fingerprint density at radius 1 is 1.00 bits per heavy atom. The molecule has 0 spiro atoms. The van der Waals surface area contributed by atoms with Crippen molar-refractivity contribution in [3.05, 3.63) is 36.0 Å². The van der Waals surface area contributed by atoms with Gasteiger partial charge in [-0.25, -0.2) is 0 Å². The molecule has 0 aromatic heterocycles. The molecular formula is C17H26O. The normalized spacial score (nSPS) is 25.2. The van der Waals surface area contributed by atoms with Gasteiger partial charge < -0.3 is 4.79 Å². The van der Waals surface area contributed by atoms with Crippen LogP contribution in [-0.2, 0) is 4.79 Å². The molecule has 0 N–H and O–H groups in total. The Morgan fingerprint density at radius 2 is 1.39 bits per heavy atom. The van der Waals surface area contributed by atoms with E-state index >= 15 is 0 Å². The third-order valence-corrected chi connectivity index (χ3v) is 3.55. The number of allylic oxidation sites excluding steroid dienone is 5. The summed E-state index contributed by atoms with van der Waals surface area (Å²) in [6.07, 6.45) is 7.43. The van der Waals surface area contributed by atoms with Crippen molar-refractivity contribution in [2.75, 3.05) is 0 Å². The average molecular weight is 246 g/mol. The topological polar surface area (TPSA) is 17.1 Å². The first kappa shape index (κ1) is 14.9. The molecule has 0 atom stereocenters. The van der Waals surface area contributed by atoms with Crippen molar-refractivity contribution in [3.63, 3.8) is 0 Å². The minimum Gasteiger partial charge on any atom is -0.302 e. The average Bonchev–Trinajstić information content (AvgIpc) is 2.24. The molecule has 18 heavy (non-hydrogen) atoms. The van der Waals surface area contributed by atoms with Crippen molar-refractivity contribution in [1.82, 2.24) is 0 Å². The summed E-state index contributed by atoms with van der Waals surface area (Å²) in [6, 6.07) is 0. The largest absolute Gasteiger partial charge is 0.302 e. The molecule has 0 unspecified atom stereocenters. The van der Waals surface area contributed by atoms with Crippen molar-refractivity contribution in [2.24, 2.45) is 22.7 Å². The summed E-state index contributed by atoms with van der Waals surface area (Å²) < 4.78 is 0. The lowest BCUT2D eigenvalue weighted by Gasteiger charge is -2.38. The van der Waals surface area contributed by atoms with Gasteiger partial charge in [0.15, 0.2) is 0 Å². The van der Waals surface area contributed by atoms with E-state index in [4.69, 9.17) is 0 Å². The van der Waals surface area contributed by atoms with Gasteiger partial charge >= 0.3 is 0 Å². The summed E-state index contributed by atoms with van der Waals surface area (Å²) in [5.41, 5.74) is 2.46. The fraction of sp³-hybridized carbons (Fsp3) is 0.588. The van der Waals surface area contributed by atoms with Gasteiger partial charge in [-0.3, -0.25) is 0 Å². The first-order valence-electron chi connectivity index (χ1n) is 6.63. The zero-order chi connectivity index (χ0) is 14.1. The van der Waals surface area contributed by atoms with Crippen molar-refractivity contribution >= 4 is 6.29 Å². The number of hydrogen-bond acceptors (Lipinski definition) is 1. The van der Waals surface area contributed by atoms with Gasteiger partial charge in [-0.1, -0.05) is 70.9 Å². The minimum atomic E-state index is -0.0822. The van der Waals surface area contributed by atoms with Gasteiger partial charge in [-0.2, -0.15) is 0 Å². The highest BCUT2D eigenvalue weighted by Gasteiger charge is 2.35. The fourth-order valence-corrected chi connectivity index (χ4v) is 2.55. The Balaban J connectivity index is 3.34. The van der Waals surface area contributed by atoms with Crippen LogP contribution in [0.15, 0.2) is 36.0 Å². The van der Waals surface area contributed by atoms with Gasteiger partial charge in [-0.15, -0.1) is 6.58 Å². The Bertz CT molecular complexity index is 364. The quantitative estimate of drug-likeness (QED) is 0.515. The standard InChI is InChI=1S/C17H26O/c1-8-12-9-14(16(2,3)4)13(11-18)15(10-12)17(5,6)7/h8-13H,1H2,2-7H3. The Labute approximate surface area is 112 Å². The van der Waals surface area contributed by atoms with Crippen LogP contribution in [0.25, 0.3) is 0 Å². The van der Waals surface area contributed by atoms with Crippen molar-refractivity contribution < 1.29 is 4.79 Å². The lowest BCUT2D eigenvalue weighted by molar-refractivity contribution is -0.109. The molecule has 100 valence electrons. The van der Waals surface area contributed by atoms with E-state index in [9.17, 15) is 4.79 Å². The summed E-state index contributed by atoms with van der Waals surface area (Å²) in [5.74, 6) is 0.158. The molecule has 0 aromatic carbocycles. The van der Waals surface area contributed by atoms with Crippen LogP contribution in [-0.4, -0.2) is 6.29 Å². The summed E-state index contributed by atoms with van der Waals surface area (Å²) in [4.78, 5) is 11.6. The van der Waals surface area contributed by atoms with Gasteiger partial charge in [0.2, 0.25) is 0 Å². The SMILES string of the molecule is C=CC1C=C(C(C)(C)C)C(C=O)C(C(C)(C)C)=C1. The van der Waals surface area contributed by atoms with Crippen LogP contribution in [0.4, 0.5) is 0 Å². The maximum Gasteiger partial charge on any atom is 0.131 e. The van der Waals surface area contributed by atoms with E-state index in [0.717, 1.165) is 6.29 Å². The van der Waals surface area contributed by atoms with E-state index in [0.29, 0.717) is 0 Å². The first-order chi connectivity index (χ1) is 8.11. The lowest BCUT2D eigenvalue weighted by atomic mass is 9.66. The molecule has 1 nitrogen and oxygen atoms in total. The predicted octanol–water partition coefficient (Wildman–Crippen LogP) is 4.56. The van der Waals surface area contributed by atoms with Crippen molar-refractivity contribution in [2.45, 2.75) is 41.5 Å². The van der Waals surface area contributed by atoms with Crippen LogP contribution in [0.5, 0.6) is 0 Å². The highest BCUT2D eigenvalue weighted by molar-refractivity contribution is 5.67. The molecule has 1 rings (SSSR count). The maximum atomic E-state index is 11.6. The lowest BCUT2D eigenvalue weighted by Crippen LogP contribution is -2.30. The van der Waals surface area contributed by atoms with Crippen LogP contribution >= 0.6 is 0 Å². The van der Waals surface area contributed by atoms with Crippen LogP contribution in [0.1, 0.15) is 41.5 Å². The molecule has 1 aliphatic carbocycles. The second kappa shape index (κ2) is 4.87. The Hall–Kier alpha value is -1.11. The monoisotopic (exact) mass is 246 g/mol. The molecule has 0 bridgehead atoms. The number of carbonyl (C=O) groups is 1. The molecular weight excluding hydrogens is 220 g/mol. The van der Waals surface area contributed by atoms with Gasteiger partial charge in [-0.05, 0) is 10.8 Å². The van der Waals surface area contributed by atoms with E-state index in [1.54, 1.807) is 0 Å². The van der Waals surface area contributed by atoms with Crippen LogP contribution < -0.4 is 0 Å². The van der Waals surface area contributed by atoms with Crippen LogP contribution in [0.3, 0.4) is 0 Å². The molecule has 0 fully saturated rings. The van der Waals surface area contributed by atoms with Crippen LogP contribution in [0.2, 0.25) is 0 Å². The zero-order valence-electron chi connectivity index (χ0n) is 12.6.